The summed E-state index contributed by atoms with van der Waals surface area (Å²) in [6.45, 7) is 5.75. The van der Waals surface area contributed by atoms with Crippen molar-refractivity contribution in [2.75, 3.05) is 23.7 Å². The van der Waals surface area contributed by atoms with E-state index < -0.39 is 0 Å². The first-order valence-electron chi connectivity index (χ1n) is 14.2. The van der Waals surface area contributed by atoms with Gasteiger partial charge in [-0.05, 0) is 57.2 Å². The van der Waals surface area contributed by atoms with Gasteiger partial charge in [-0.1, -0.05) is 49.6 Å². The molecule has 1 amide bonds. The van der Waals surface area contributed by atoms with Crippen LogP contribution in [0.2, 0.25) is 0 Å². The number of rotatable bonds is 8. The van der Waals surface area contributed by atoms with Crippen LogP contribution in [0.25, 0.3) is 0 Å². The summed E-state index contributed by atoms with van der Waals surface area (Å²) in [7, 11) is 0. The minimum absolute atomic E-state index is 0.0467. The lowest BCUT2D eigenvalue weighted by Crippen LogP contribution is -2.40. The summed E-state index contributed by atoms with van der Waals surface area (Å²) >= 11 is 0. The lowest BCUT2D eigenvalue weighted by atomic mass is 9.88. The predicted octanol–water partition coefficient (Wildman–Crippen LogP) is 5.77. The number of anilines is 2. The van der Waals surface area contributed by atoms with Gasteiger partial charge in [-0.3, -0.25) is 9.78 Å². The summed E-state index contributed by atoms with van der Waals surface area (Å²) in [5.41, 5.74) is 4.91. The van der Waals surface area contributed by atoms with Crippen LogP contribution in [0, 0.1) is 25.2 Å². The van der Waals surface area contributed by atoms with Crippen LogP contribution in [0.15, 0.2) is 48.7 Å². The van der Waals surface area contributed by atoms with Gasteiger partial charge in [-0.2, -0.15) is 4.98 Å². The molecule has 0 spiro atoms. The lowest BCUT2D eigenvalue weighted by molar-refractivity contribution is 0.0709. The van der Waals surface area contributed by atoms with E-state index in [1.54, 1.807) is 6.20 Å². The molecule has 2 aromatic heterocycles. The Hall–Kier alpha value is -3.81. The van der Waals surface area contributed by atoms with Crippen LogP contribution in [-0.4, -0.2) is 50.6 Å². The molecular weight excluding hydrogens is 486 g/mol. The molecule has 2 fully saturated rings. The van der Waals surface area contributed by atoms with Crippen molar-refractivity contribution >= 4 is 23.4 Å². The Morgan fingerprint density at radius 1 is 0.974 bits per heavy atom. The Kier molecular flexibility index (Phi) is 8.49. The summed E-state index contributed by atoms with van der Waals surface area (Å²) in [6, 6.07) is 14.3. The van der Waals surface area contributed by atoms with Gasteiger partial charge in [0.15, 0.2) is 0 Å². The summed E-state index contributed by atoms with van der Waals surface area (Å²) in [5.74, 6) is 1.43. The van der Waals surface area contributed by atoms with Crippen LogP contribution in [0.5, 0.6) is 0 Å². The SMILES string of the molecule is Cc1cc(C(=O)N2CCC(C(=N)c3cnc(NCc4ccccc4)nc3NC3CCCCC3)CC2)cc(C)n1. The molecule has 1 aliphatic heterocycles. The third kappa shape index (κ3) is 6.80. The molecule has 0 radical (unpaired) electrons. The van der Waals surface area contributed by atoms with Crippen LogP contribution in [0.1, 0.15) is 77.8 Å². The number of carbonyl (C=O) groups is 1. The average Bonchev–Trinajstić information content (AvgIpc) is 2.96. The van der Waals surface area contributed by atoms with Crippen molar-refractivity contribution in [2.24, 2.45) is 5.92 Å². The maximum Gasteiger partial charge on any atom is 0.253 e. The number of aryl methyl sites for hydroxylation is 2. The highest BCUT2D eigenvalue weighted by Crippen LogP contribution is 2.28. The first-order chi connectivity index (χ1) is 19.0. The molecule has 8 heteroatoms. The molecule has 0 atom stereocenters. The fourth-order valence-corrected chi connectivity index (χ4v) is 5.72. The third-order valence-electron chi connectivity index (χ3n) is 7.84. The van der Waals surface area contributed by atoms with E-state index in [9.17, 15) is 4.79 Å². The molecule has 3 aromatic rings. The number of hydrogen-bond acceptors (Lipinski definition) is 7. The van der Waals surface area contributed by atoms with Crippen molar-refractivity contribution in [2.45, 2.75) is 71.4 Å². The van der Waals surface area contributed by atoms with Crippen molar-refractivity contribution in [3.8, 4) is 0 Å². The van der Waals surface area contributed by atoms with E-state index in [2.05, 4.69) is 32.7 Å². The van der Waals surface area contributed by atoms with E-state index in [0.717, 1.165) is 54.0 Å². The van der Waals surface area contributed by atoms with Crippen LogP contribution >= 0.6 is 0 Å². The minimum Gasteiger partial charge on any atom is -0.367 e. The molecule has 1 saturated carbocycles. The first-order valence-corrected chi connectivity index (χ1v) is 14.2. The molecule has 1 aliphatic carbocycles. The molecule has 2 aliphatic rings. The Bertz CT molecular complexity index is 1280. The summed E-state index contributed by atoms with van der Waals surface area (Å²) in [4.78, 5) is 28.9. The molecule has 39 heavy (non-hydrogen) atoms. The van der Waals surface area contributed by atoms with Crippen molar-refractivity contribution in [1.29, 1.82) is 5.41 Å². The Morgan fingerprint density at radius 3 is 2.36 bits per heavy atom. The van der Waals surface area contributed by atoms with Crippen LogP contribution in [-0.2, 0) is 6.54 Å². The van der Waals surface area contributed by atoms with E-state index >= 15 is 0 Å². The first kappa shape index (κ1) is 26.8. The zero-order valence-electron chi connectivity index (χ0n) is 23.0. The van der Waals surface area contributed by atoms with Crippen molar-refractivity contribution in [3.05, 3.63) is 76.7 Å². The molecule has 1 aromatic carbocycles. The van der Waals surface area contributed by atoms with E-state index in [1.165, 1.54) is 19.3 Å². The quantitative estimate of drug-likeness (QED) is 0.323. The number of benzene rings is 1. The van der Waals surface area contributed by atoms with Crippen LogP contribution in [0.4, 0.5) is 11.8 Å². The molecular formula is C31H39N7O. The zero-order valence-corrected chi connectivity index (χ0v) is 23.0. The highest BCUT2D eigenvalue weighted by atomic mass is 16.2. The molecule has 1 saturated heterocycles. The van der Waals surface area contributed by atoms with Crippen molar-refractivity contribution in [3.63, 3.8) is 0 Å². The second-order valence-electron chi connectivity index (χ2n) is 10.9. The van der Waals surface area contributed by atoms with Gasteiger partial charge in [0.05, 0.1) is 5.56 Å². The average molecular weight is 526 g/mol. The monoisotopic (exact) mass is 525 g/mol. The summed E-state index contributed by atoms with van der Waals surface area (Å²) in [6.07, 6.45) is 9.28. The second-order valence-corrected chi connectivity index (χ2v) is 10.9. The summed E-state index contributed by atoms with van der Waals surface area (Å²) < 4.78 is 0. The molecule has 3 heterocycles. The number of piperidine rings is 1. The third-order valence-corrected chi connectivity index (χ3v) is 7.84. The van der Waals surface area contributed by atoms with Gasteiger partial charge in [0.25, 0.3) is 5.91 Å². The molecule has 5 rings (SSSR count). The zero-order chi connectivity index (χ0) is 27.2. The Balaban J connectivity index is 1.28. The number of nitrogens with one attached hydrogen (secondary N) is 3. The molecule has 204 valence electrons. The normalized spacial score (nSPS) is 16.6. The van der Waals surface area contributed by atoms with Gasteiger partial charge in [-0.15, -0.1) is 0 Å². The molecule has 0 bridgehead atoms. The standard InChI is InChI=1S/C31H39N7O/c1-21-17-25(18-22(2)35-21)30(39)38-15-13-24(14-16-38)28(32)27-20-34-31(33-19-23-9-5-3-6-10-23)37-29(27)36-26-11-7-4-8-12-26/h3,5-6,9-10,17-18,20,24,26,32H,4,7-8,11-16,19H2,1-2H3,(H2,33,34,36,37). The number of amides is 1. The summed E-state index contributed by atoms with van der Waals surface area (Å²) in [5, 5.41) is 16.1. The topological polar surface area (TPSA) is 107 Å². The fraction of sp³-hybridized carbons (Fsp3) is 0.452. The van der Waals surface area contributed by atoms with Gasteiger partial charge in [0.1, 0.15) is 5.82 Å². The van der Waals surface area contributed by atoms with Crippen LogP contribution in [0.3, 0.4) is 0 Å². The highest BCUT2D eigenvalue weighted by Gasteiger charge is 2.29. The predicted molar refractivity (Wildman–Crippen MR) is 155 cm³/mol. The van der Waals surface area contributed by atoms with Gasteiger partial charge >= 0.3 is 0 Å². The van der Waals surface area contributed by atoms with Crippen molar-refractivity contribution in [1.82, 2.24) is 19.9 Å². The number of aromatic nitrogens is 3. The largest absolute Gasteiger partial charge is 0.367 e. The molecule has 0 unspecified atom stereocenters. The van der Waals surface area contributed by atoms with Gasteiger partial charge < -0.3 is 20.9 Å². The number of pyridine rings is 1. The minimum atomic E-state index is 0.0467. The van der Waals surface area contributed by atoms with E-state index in [4.69, 9.17) is 10.4 Å². The maximum absolute atomic E-state index is 13.1. The van der Waals surface area contributed by atoms with E-state index in [1.807, 2.05) is 49.1 Å². The Labute approximate surface area is 231 Å². The smallest absolute Gasteiger partial charge is 0.253 e. The van der Waals surface area contributed by atoms with Gasteiger partial charge in [0, 0.05) is 60.5 Å². The second kappa shape index (κ2) is 12.4. The van der Waals surface area contributed by atoms with E-state index in [-0.39, 0.29) is 11.8 Å². The highest BCUT2D eigenvalue weighted by molar-refractivity contribution is 6.04. The number of likely N-dealkylation sites (tertiary alicyclic amines) is 1. The number of nitrogens with zero attached hydrogens (tertiary/aromatic N) is 4. The van der Waals surface area contributed by atoms with Crippen LogP contribution < -0.4 is 10.6 Å². The fourth-order valence-electron chi connectivity index (χ4n) is 5.72. The number of hydrogen-bond donors (Lipinski definition) is 3. The van der Waals surface area contributed by atoms with E-state index in [0.29, 0.717) is 42.9 Å². The van der Waals surface area contributed by atoms with Gasteiger partial charge in [-0.25, -0.2) is 4.98 Å². The molecule has 8 nitrogen and oxygen atoms in total. The van der Waals surface area contributed by atoms with Crippen molar-refractivity contribution < 1.29 is 4.79 Å². The maximum atomic E-state index is 13.1. The molecule has 3 N–H and O–H groups in total. The number of carbonyl (C=O) groups excluding carboxylic acids is 1. The Morgan fingerprint density at radius 2 is 1.67 bits per heavy atom. The van der Waals surface area contributed by atoms with Gasteiger partial charge in [0.2, 0.25) is 5.95 Å². The lowest BCUT2D eigenvalue weighted by Gasteiger charge is -2.33.